The van der Waals surface area contributed by atoms with Gasteiger partial charge in [-0.2, -0.15) is 0 Å². The zero-order valence-corrected chi connectivity index (χ0v) is 16.7. The van der Waals surface area contributed by atoms with Gasteiger partial charge in [-0.15, -0.1) is 0 Å². The second-order valence-corrected chi connectivity index (χ2v) is 7.89. The van der Waals surface area contributed by atoms with Crippen LogP contribution in [0.25, 0.3) is 0 Å². The molecule has 1 aliphatic heterocycles. The van der Waals surface area contributed by atoms with Gasteiger partial charge in [0.05, 0.1) is 16.0 Å². The Morgan fingerprint density at radius 3 is 2.58 bits per heavy atom. The summed E-state index contributed by atoms with van der Waals surface area (Å²) < 4.78 is 0. The molecule has 2 aromatic rings. The fourth-order valence-corrected chi connectivity index (χ4v) is 3.87. The van der Waals surface area contributed by atoms with Gasteiger partial charge in [0, 0.05) is 18.8 Å². The van der Waals surface area contributed by atoms with Crippen molar-refractivity contribution in [1.82, 2.24) is 4.90 Å². The van der Waals surface area contributed by atoms with Gasteiger partial charge in [-0.1, -0.05) is 47.5 Å². The third-order valence-corrected chi connectivity index (χ3v) is 5.73. The van der Waals surface area contributed by atoms with E-state index in [9.17, 15) is 4.79 Å². The lowest BCUT2D eigenvalue weighted by molar-refractivity contribution is -0.121. The molecule has 0 bridgehead atoms. The Balaban J connectivity index is 1.64. The minimum absolute atomic E-state index is 0.00512. The van der Waals surface area contributed by atoms with E-state index in [1.165, 1.54) is 0 Å². The summed E-state index contributed by atoms with van der Waals surface area (Å²) >= 11 is 12.1. The van der Waals surface area contributed by atoms with Gasteiger partial charge >= 0.3 is 0 Å². The summed E-state index contributed by atoms with van der Waals surface area (Å²) in [5.74, 6) is 0.117. The highest BCUT2D eigenvalue weighted by Gasteiger charge is 2.26. The molecule has 1 N–H and O–H groups in total. The molecule has 1 amide bonds. The van der Waals surface area contributed by atoms with E-state index in [4.69, 9.17) is 23.2 Å². The number of nitrogens with one attached hydrogen (secondary N) is 1. The van der Waals surface area contributed by atoms with Crippen molar-refractivity contribution in [1.29, 1.82) is 0 Å². The Morgan fingerprint density at radius 2 is 1.88 bits per heavy atom. The number of amides is 1. The molecule has 1 aliphatic rings. The minimum Gasteiger partial charge on any atom is -0.325 e. The maximum atomic E-state index is 12.8. The molecule has 5 heteroatoms. The van der Waals surface area contributed by atoms with Gasteiger partial charge in [0.1, 0.15) is 0 Å². The lowest BCUT2D eigenvalue weighted by atomic mass is 9.96. The zero-order valence-electron chi connectivity index (χ0n) is 15.2. The fourth-order valence-electron chi connectivity index (χ4n) is 3.55. The zero-order chi connectivity index (χ0) is 18.7. The van der Waals surface area contributed by atoms with Crippen LogP contribution in [0, 0.1) is 19.8 Å². The molecule has 26 heavy (non-hydrogen) atoms. The molecule has 0 aliphatic carbocycles. The minimum atomic E-state index is 0.00512. The Hall–Kier alpha value is -1.55. The van der Waals surface area contributed by atoms with E-state index in [1.54, 1.807) is 0 Å². The molecule has 0 saturated carbocycles. The number of hydrogen-bond acceptors (Lipinski definition) is 2. The van der Waals surface area contributed by atoms with E-state index in [2.05, 4.69) is 10.2 Å². The van der Waals surface area contributed by atoms with Crippen molar-refractivity contribution in [3.8, 4) is 0 Å². The molecule has 1 saturated heterocycles. The number of benzene rings is 2. The van der Waals surface area contributed by atoms with E-state index >= 15 is 0 Å². The number of likely N-dealkylation sites (tertiary alicyclic amines) is 1. The number of halogens is 2. The van der Waals surface area contributed by atoms with Crippen molar-refractivity contribution >= 4 is 34.8 Å². The molecule has 0 spiro atoms. The van der Waals surface area contributed by atoms with Gasteiger partial charge in [0.15, 0.2) is 0 Å². The van der Waals surface area contributed by atoms with E-state index in [0.29, 0.717) is 10.0 Å². The number of carbonyl (C=O) groups is 1. The first kappa shape index (κ1) is 19.2. The normalized spacial score (nSPS) is 17.9. The first-order valence-corrected chi connectivity index (χ1v) is 9.73. The van der Waals surface area contributed by atoms with Gasteiger partial charge < -0.3 is 5.32 Å². The monoisotopic (exact) mass is 390 g/mol. The number of para-hydroxylation sites is 1. The molecular weight excluding hydrogens is 367 g/mol. The van der Waals surface area contributed by atoms with Gasteiger partial charge in [-0.25, -0.2) is 0 Å². The fraction of sp³-hybridized carbons (Fsp3) is 0.381. The molecule has 3 rings (SSSR count). The van der Waals surface area contributed by atoms with Crippen molar-refractivity contribution in [2.24, 2.45) is 5.92 Å². The van der Waals surface area contributed by atoms with Crippen LogP contribution in [0.4, 0.5) is 5.69 Å². The van der Waals surface area contributed by atoms with Crippen molar-refractivity contribution in [2.75, 3.05) is 18.4 Å². The van der Waals surface area contributed by atoms with E-state index < -0.39 is 0 Å². The molecule has 1 heterocycles. The smallest absolute Gasteiger partial charge is 0.228 e. The van der Waals surface area contributed by atoms with Crippen molar-refractivity contribution < 1.29 is 4.79 Å². The molecular formula is C21H24Cl2N2O. The van der Waals surface area contributed by atoms with E-state index in [1.807, 2.05) is 50.2 Å². The predicted octanol–water partition coefficient (Wildman–Crippen LogP) is 5.46. The molecule has 1 unspecified atom stereocenters. The van der Waals surface area contributed by atoms with Gasteiger partial charge in [0.25, 0.3) is 0 Å². The van der Waals surface area contributed by atoms with Crippen LogP contribution in [0.2, 0.25) is 10.0 Å². The number of nitrogens with zero attached hydrogens (tertiary/aromatic N) is 1. The van der Waals surface area contributed by atoms with Crippen LogP contribution in [-0.4, -0.2) is 23.9 Å². The third-order valence-electron chi connectivity index (χ3n) is 5.00. The van der Waals surface area contributed by atoms with Crippen LogP contribution in [0.3, 0.4) is 0 Å². The van der Waals surface area contributed by atoms with Crippen LogP contribution in [0.5, 0.6) is 0 Å². The summed E-state index contributed by atoms with van der Waals surface area (Å²) in [7, 11) is 0. The Labute approximate surface area is 165 Å². The molecule has 3 nitrogen and oxygen atoms in total. The average Bonchev–Trinajstić information content (AvgIpc) is 2.61. The summed E-state index contributed by atoms with van der Waals surface area (Å²) in [4.78, 5) is 15.1. The van der Waals surface area contributed by atoms with Gasteiger partial charge in [-0.05, 0) is 62.1 Å². The van der Waals surface area contributed by atoms with Crippen molar-refractivity contribution in [3.63, 3.8) is 0 Å². The van der Waals surface area contributed by atoms with Crippen LogP contribution in [0.1, 0.15) is 29.5 Å². The molecule has 2 aromatic carbocycles. The molecule has 0 radical (unpaired) electrons. The first-order chi connectivity index (χ1) is 12.4. The Morgan fingerprint density at radius 1 is 1.15 bits per heavy atom. The first-order valence-electron chi connectivity index (χ1n) is 8.97. The number of rotatable bonds is 4. The SMILES string of the molecule is Cc1cccc(C)c1NC(=O)C1CCCN(Cc2ccc(Cl)c(Cl)c2)C1. The number of anilines is 1. The highest BCUT2D eigenvalue weighted by molar-refractivity contribution is 6.42. The summed E-state index contributed by atoms with van der Waals surface area (Å²) in [6.45, 7) is 6.59. The Bertz CT molecular complexity index is 786. The average molecular weight is 391 g/mol. The highest BCUT2D eigenvalue weighted by Crippen LogP contribution is 2.26. The van der Waals surface area contributed by atoms with Crippen LogP contribution in [-0.2, 0) is 11.3 Å². The summed E-state index contributed by atoms with van der Waals surface area (Å²) in [5.41, 5.74) is 4.26. The second kappa shape index (κ2) is 8.43. The lowest BCUT2D eigenvalue weighted by Gasteiger charge is -2.32. The second-order valence-electron chi connectivity index (χ2n) is 7.08. The van der Waals surface area contributed by atoms with Crippen LogP contribution in [0.15, 0.2) is 36.4 Å². The van der Waals surface area contributed by atoms with Gasteiger partial charge in [0.2, 0.25) is 5.91 Å². The quantitative estimate of drug-likeness (QED) is 0.751. The number of piperidine rings is 1. The molecule has 0 aromatic heterocycles. The summed E-state index contributed by atoms with van der Waals surface area (Å²) in [5, 5.41) is 4.29. The van der Waals surface area contributed by atoms with Gasteiger partial charge in [-0.3, -0.25) is 9.69 Å². The van der Waals surface area contributed by atoms with E-state index in [-0.39, 0.29) is 11.8 Å². The molecule has 1 fully saturated rings. The van der Waals surface area contributed by atoms with Crippen molar-refractivity contribution in [2.45, 2.75) is 33.2 Å². The number of carbonyl (C=O) groups excluding carboxylic acids is 1. The molecule has 138 valence electrons. The molecule has 1 atom stereocenters. The predicted molar refractivity (Wildman–Crippen MR) is 109 cm³/mol. The summed E-state index contributed by atoms with van der Waals surface area (Å²) in [6, 6.07) is 11.8. The Kier molecular flexibility index (Phi) is 6.23. The third kappa shape index (κ3) is 4.59. The maximum Gasteiger partial charge on any atom is 0.228 e. The largest absolute Gasteiger partial charge is 0.325 e. The maximum absolute atomic E-state index is 12.8. The summed E-state index contributed by atoms with van der Waals surface area (Å²) in [6.07, 6.45) is 1.95. The highest BCUT2D eigenvalue weighted by atomic mass is 35.5. The lowest BCUT2D eigenvalue weighted by Crippen LogP contribution is -2.40. The van der Waals surface area contributed by atoms with Crippen molar-refractivity contribution in [3.05, 3.63) is 63.1 Å². The van der Waals surface area contributed by atoms with E-state index in [0.717, 1.165) is 54.9 Å². The van der Waals surface area contributed by atoms with Crippen LogP contribution >= 0.6 is 23.2 Å². The topological polar surface area (TPSA) is 32.3 Å². The number of hydrogen-bond donors (Lipinski definition) is 1. The number of aryl methyl sites for hydroxylation is 2. The van der Waals surface area contributed by atoms with Crippen LogP contribution < -0.4 is 5.32 Å². The standard InChI is InChI=1S/C21H24Cl2N2O/c1-14-5-3-6-15(2)20(14)24-21(26)17-7-4-10-25(13-17)12-16-8-9-18(22)19(23)11-16/h3,5-6,8-9,11,17H,4,7,10,12-13H2,1-2H3,(H,24,26).